The van der Waals surface area contributed by atoms with Crippen LogP contribution in [0.25, 0.3) is 55.8 Å². The number of aromatic nitrogens is 18. The van der Waals surface area contributed by atoms with Crippen LogP contribution >= 0.6 is 31.3 Å². The van der Waals surface area contributed by atoms with Crippen molar-refractivity contribution in [2.75, 3.05) is 94.9 Å². The van der Waals surface area contributed by atoms with Gasteiger partial charge in [-0.05, 0) is 120 Å². The van der Waals surface area contributed by atoms with E-state index in [9.17, 15) is 73.6 Å². The van der Waals surface area contributed by atoms with Gasteiger partial charge in [-0.2, -0.15) is 0 Å². The number of hydrogen-bond donors (Lipinski definition) is 20. The third-order valence-electron chi connectivity index (χ3n) is 26.8. The third kappa shape index (κ3) is 15.0. The lowest BCUT2D eigenvalue weighted by Crippen LogP contribution is -2.35. The molecule has 0 spiro atoms. The average molecular weight is 1750 g/mol. The lowest BCUT2D eigenvalue weighted by molar-refractivity contribution is -0.0300. The molecule has 0 amide bonds. The van der Waals surface area contributed by atoms with Gasteiger partial charge in [0.15, 0.2) is 45.7 Å². The summed E-state index contributed by atoms with van der Waals surface area (Å²) in [6.07, 6.45) is 12.3. The van der Waals surface area contributed by atoms with Crippen molar-refractivity contribution in [3.63, 3.8) is 0 Å². The van der Waals surface area contributed by atoms with Crippen LogP contribution in [0.5, 0.6) is 0 Å². The fraction of sp³-hybridized carbons (Fsp3) is 0.614. The van der Waals surface area contributed by atoms with E-state index in [1.807, 2.05) is 47.1 Å². The molecule has 0 unspecified atom stereocenters. The quantitative estimate of drug-likeness (QED) is 0.0409. The van der Waals surface area contributed by atoms with E-state index >= 15 is 0 Å². The highest BCUT2D eigenvalue weighted by atomic mass is 31.2. The summed E-state index contributed by atoms with van der Waals surface area (Å²) in [4.78, 5) is 130. The molecule has 10 aromatic heterocycles. The standard InChI is InChI=1S/C14H21N5O8P2.C14H19N5O3.C14H19N5O2.C14H20N4O8P2.C14H18N4O2/c1-7-17-12(15-2)11-13(18-7)19(6-16-11)9-3-10(27-29(23,24)25)14(4-8(9)14)5-26-28(20,21)22;1-6-17-12(15-2)8-13(18-6)19(5-16-8)9-7-3-14(7,4-20)11(22)10(9)21;1-7-17-12(15-2)11-13(18-7)19(6-16-11)9-3-10(21)14(5-20)4-8(9)14;1-15-9-2-3-16-13-12(9)17-7-18(13)10-4-11(26-28(22,23)24)14(5-8(10)14)6-25-27(19,20)21;1-15-9-2-3-16-13-12(9)17-7-18(13)10-4-11(20)14(6-19)5-8(10)14/h6,8-10H,3-5H2,1-2H3,(H,15,17,18)(H2,20,21,22)(H2,23,24,25);5,7,9-11,20-22H,3-4H2,1-2H3,(H,15,17,18);6,8-10,20-21H,3-5H2,1-2H3,(H,15,17,18);2-3,7-8,10-11H,4-6H2,1H3,(H,15,16)(H2,19,20,21)(H2,22,23,24);2-3,7-8,10-11,19-20H,4-6H2,1H3,(H,15,16)/t8-,9+,10+,14+;7-,9-,10+,11+,14+;8-,9+,10+,14+;2*8-,10+,11+,14+/m11111/s1. The topological polar surface area (TPSA) is 661 Å². The number of phosphoric ester groups is 4. The molecule has 10 aromatic rings. The summed E-state index contributed by atoms with van der Waals surface area (Å²) in [5.41, 5.74) is 5.68. The SMILES string of the molecule is CNc1ccnc2c1ncn2[C@H]1C[C@H](O)[C@]2(CO)C[C@H]12.CNc1ccnc2c1ncn2[C@H]1C[C@H](OP(=O)(O)O)[C@]2(COP(=O)(O)O)C[C@H]12.CNc1nc(C)nc2c1ncn2[C@H]1C[C@H](O)[C@]2(CO)C[C@H]12.CNc1nc(C)nc2c1ncn2[C@H]1C[C@H](OP(=O)(O)O)[C@]2(COP(=O)(O)O)C[C@H]12.CNc1nc(C)nc2c1ncn2[C@H]1[C@H](O)[C@H](O)[C@]2(CO)C[C@H]12. The summed E-state index contributed by atoms with van der Waals surface area (Å²) in [6, 6.07) is 3.16. The van der Waals surface area contributed by atoms with E-state index in [0.29, 0.717) is 107 Å². The van der Waals surface area contributed by atoms with Gasteiger partial charge in [0.25, 0.3) is 0 Å². The molecule has 120 heavy (non-hydrogen) atoms. The molecule has 0 saturated heterocycles. The summed E-state index contributed by atoms with van der Waals surface area (Å²) in [5, 5.41) is 85.0. The summed E-state index contributed by atoms with van der Waals surface area (Å²) >= 11 is 0. The number of hydrogen-bond acceptors (Lipinski definition) is 33. The molecule has 0 aliphatic heterocycles. The Labute approximate surface area is 682 Å². The first-order valence-corrected chi connectivity index (χ1v) is 45.0. The predicted molar refractivity (Wildman–Crippen MR) is 424 cm³/mol. The van der Waals surface area contributed by atoms with Crippen LogP contribution in [0.1, 0.15) is 105 Å². The molecule has 20 N–H and O–H groups in total. The monoisotopic (exact) mass is 1750 g/mol. The van der Waals surface area contributed by atoms with E-state index in [-0.39, 0.29) is 105 Å². The van der Waals surface area contributed by atoms with E-state index in [1.165, 1.54) is 0 Å². The van der Waals surface area contributed by atoms with Gasteiger partial charge in [0.2, 0.25) is 0 Å². The number of phosphoric acid groups is 4. The van der Waals surface area contributed by atoms with E-state index < -0.39 is 84.2 Å². The molecule has 10 aliphatic rings. The number of nitrogens with one attached hydrogen (secondary N) is 5. The van der Waals surface area contributed by atoms with E-state index in [4.69, 9.17) is 28.6 Å². The molecule has 10 saturated carbocycles. The Balaban J connectivity index is 0.000000112. The molecule has 50 heteroatoms. The Morgan fingerprint density at radius 1 is 0.392 bits per heavy atom. The van der Waals surface area contributed by atoms with Crippen molar-refractivity contribution in [1.82, 2.24) is 87.6 Å². The second kappa shape index (κ2) is 31.1. The van der Waals surface area contributed by atoms with Crippen molar-refractivity contribution >= 4 is 116 Å². The second-order valence-electron chi connectivity index (χ2n) is 33.0. The first kappa shape index (κ1) is 85.6. The highest BCUT2D eigenvalue weighted by Gasteiger charge is 2.74. The van der Waals surface area contributed by atoms with E-state index in [2.05, 4.69) is 105 Å². The first-order valence-electron chi connectivity index (χ1n) is 38.9. The van der Waals surface area contributed by atoms with Crippen molar-refractivity contribution in [2.45, 2.75) is 145 Å². The molecule has 10 aliphatic carbocycles. The van der Waals surface area contributed by atoms with E-state index in [0.717, 1.165) is 52.4 Å². The molecule has 10 fully saturated rings. The lowest BCUT2D eigenvalue weighted by Gasteiger charge is -2.24. The van der Waals surface area contributed by atoms with Gasteiger partial charge in [-0.15, -0.1) is 0 Å². The lowest BCUT2D eigenvalue weighted by atomic mass is 10.0. The second-order valence-corrected chi connectivity index (χ2v) is 37.9. The van der Waals surface area contributed by atoms with Gasteiger partial charge in [0.1, 0.15) is 51.2 Å². The van der Waals surface area contributed by atoms with Crippen LogP contribution in [-0.2, 0) is 36.4 Å². The number of aliphatic hydroxyl groups is 7. The molecule has 0 bridgehead atoms. The van der Waals surface area contributed by atoms with Gasteiger partial charge < -0.3 is 124 Å². The molecule has 10 heterocycles. The molecule has 0 radical (unpaired) electrons. The van der Waals surface area contributed by atoms with Crippen molar-refractivity contribution in [2.24, 2.45) is 56.7 Å². The number of aryl methyl sites for hydroxylation is 3. The predicted octanol–water partition coefficient (Wildman–Crippen LogP) is 2.44. The Morgan fingerprint density at radius 2 is 0.708 bits per heavy atom. The summed E-state index contributed by atoms with van der Waals surface area (Å²) in [5.74, 6) is 4.10. The normalized spacial score (nSPS) is 32.6. The van der Waals surface area contributed by atoms with Crippen molar-refractivity contribution < 1.29 is 111 Å². The fourth-order valence-corrected chi connectivity index (χ4v) is 22.5. The van der Waals surface area contributed by atoms with Gasteiger partial charge >= 0.3 is 31.3 Å². The van der Waals surface area contributed by atoms with Crippen LogP contribution in [0, 0.1) is 77.4 Å². The number of aliphatic hydroxyl groups excluding tert-OH is 7. The molecular weight excluding hydrogens is 1650 g/mol. The van der Waals surface area contributed by atoms with Crippen LogP contribution in [-0.4, -0.2) is 267 Å². The maximum Gasteiger partial charge on any atom is 0.469 e. The zero-order chi connectivity index (χ0) is 85.8. The number of nitrogens with zero attached hydrogens (tertiary/aromatic N) is 18. The summed E-state index contributed by atoms with van der Waals surface area (Å²) in [6.45, 7) is 4.67. The Kier molecular flexibility index (Phi) is 22.2. The third-order valence-corrected chi connectivity index (χ3v) is 28.8. The van der Waals surface area contributed by atoms with Crippen LogP contribution < -0.4 is 26.6 Å². The van der Waals surface area contributed by atoms with Gasteiger partial charge in [-0.3, -0.25) is 18.1 Å². The molecule has 46 nitrogen and oxygen atoms in total. The zero-order valence-electron chi connectivity index (χ0n) is 66.1. The maximum atomic E-state index is 11.5. The van der Waals surface area contributed by atoms with Crippen molar-refractivity contribution in [3.05, 3.63) is 73.6 Å². The van der Waals surface area contributed by atoms with Gasteiger partial charge in [0.05, 0.1) is 113 Å². The average Bonchev–Trinajstić information content (AvgIpc) is 1.50. The Bertz CT molecular complexity index is 5790. The van der Waals surface area contributed by atoms with E-state index in [1.54, 1.807) is 83.3 Å². The minimum Gasteiger partial charge on any atom is -0.396 e. The zero-order valence-corrected chi connectivity index (χ0v) is 69.7. The van der Waals surface area contributed by atoms with Crippen LogP contribution in [0.2, 0.25) is 0 Å². The molecule has 20 rings (SSSR count). The summed E-state index contributed by atoms with van der Waals surface area (Å²) in [7, 11) is -10.2. The summed E-state index contributed by atoms with van der Waals surface area (Å²) < 4.78 is 74.1. The fourth-order valence-electron chi connectivity index (χ4n) is 20.4. The highest BCUT2D eigenvalue weighted by molar-refractivity contribution is 7.47. The molecule has 21 atom stereocenters. The Morgan fingerprint density at radius 3 is 1.02 bits per heavy atom. The largest absolute Gasteiger partial charge is 0.469 e. The molecule has 650 valence electrons. The Hall–Kier alpha value is -7.95. The van der Waals surface area contributed by atoms with Gasteiger partial charge in [-0.1, -0.05) is 0 Å². The number of anilines is 5. The van der Waals surface area contributed by atoms with Crippen LogP contribution in [0.15, 0.2) is 56.2 Å². The van der Waals surface area contributed by atoms with Crippen molar-refractivity contribution in [3.8, 4) is 0 Å². The number of pyridine rings is 2. The minimum absolute atomic E-state index is 0.0354. The first-order chi connectivity index (χ1) is 56.8. The van der Waals surface area contributed by atoms with Crippen LogP contribution in [0.3, 0.4) is 0 Å². The smallest absolute Gasteiger partial charge is 0.396 e. The highest BCUT2D eigenvalue weighted by Crippen LogP contribution is 2.74. The van der Waals surface area contributed by atoms with Gasteiger partial charge in [-0.25, -0.2) is 83.1 Å². The molecule has 0 aromatic carbocycles. The minimum atomic E-state index is -4.81. The number of imidazole rings is 5. The molecular formula is C70H97N23O23P4. The number of rotatable bonds is 23. The maximum absolute atomic E-state index is 11.5. The van der Waals surface area contributed by atoms with Gasteiger partial charge in [0, 0.05) is 98.9 Å². The van der Waals surface area contributed by atoms with Crippen LogP contribution in [0.4, 0.5) is 28.8 Å². The number of fused-ring (bicyclic) bond motifs is 10. The van der Waals surface area contributed by atoms with Crippen molar-refractivity contribution in [1.29, 1.82) is 0 Å².